The summed E-state index contributed by atoms with van der Waals surface area (Å²) < 4.78 is 19.2. The van der Waals surface area contributed by atoms with E-state index in [1.807, 2.05) is 35.2 Å². The van der Waals surface area contributed by atoms with Gasteiger partial charge in [-0.25, -0.2) is 4.39 Å². The van der Waals surface area contributed by atoms with Crippen LogP contribution in [0.3, 0.4) is 0 Å². The van der Waals surface area contributed by atoms with Gasteiger partial charge >= 0.3 is 0 Å². The number of nitrogens with zero attached hydrogens (tertiary/aromatic N) is 2. The lowest BCUT2D eigenvalue weighted by molar-refractivity contribution is -0.00735. The summed E-state index contributed by atoms with van der Waals surface area (Å²) in [5.74, 6) is 0.127. The van der Waals surface area contributed by atoms with Crippen LogP contribution in [0.2, 0.25) is 5.02 Å². The lowest BCUT2D eigenvalue weighted by atomic mass is 10.0. The molecule has 1 heterocycles. The summed E-state index contributed by atoms with van der Waals surface area (Å²) >= 11 is 6.29. The molecule has 0 aromatic heterocycles. The Bertz CT molecular complexity index is 877. The number of benzene rings is 2. The molecule has 0 aliphatic carbocycles. The third-order valence-electron chi connectivity index (χ3n) is 4.91. The lowest BCUT2D eigenvalue weighted by Gasteiger charge is -2.27. The van der Waals surface area contributed by atoms with Gasteiger partial charge in [0.05, 0.1) is 18.4 Å². The highest BCUT2D eigenvalue weighted by Gasteiger charge is 2.26. The molecule has 2 aromatic rings. The molecule has 0 unspecified atom stereocenters. The maximum absolute atomic E-state index is 13.7. The minimum Gasteiger partial charge on any atom is -0.390 e. The summed E-state index contributed by atoms with van der Waals surface area (Å²) in [7, 11) is 0. The summed E-state index contributed by atoms with van der Waals surface area (Å²) in [4.78, 5) is 7.71. The standard InChI is InChI=1S/C24H30ClFN2O3/c1-17(2)15-30-16-20(29)13-28(12-18-6-5-7-19(26)10-18)14-21-11-24(27-31-21)22-8-3-4-9-23(22)25/h3-10,17,20-21,29H,11-16H2,1-2H3/t20-,21+/m0/s1. The van der Waals surface area contributed by atoms with Gasteiger partial charge in [0, 0.05) is 43.2 Å². The van der Waals surface area contributed by atoms with E-state index in [0.29, 0.717) is 43.6 Å². The Morgan fingerprint density at radius 3 is 2.77 bits per heavy atom. The zero-order chi connectivity index (χ0) is 22.2. The van der Waals surface area contributed by atoms with Crippen LogP contribution in [0.4, 0.5) is 4.39 Å². The van der Waals surface area contributed by atoms with Crippen LogP contribution < -0.4 is 0 Å². The van der Waals surface area contributed by atoms with E-state index in [9.17, 15) is 9.50 Å². The van der Waals surface area contributed by atoms with Crippen LogP contribution in [0.5, 0.6) is 0 Å². The maximum atomic E-state index is 13.7. The number of ether oxygens (including phenoxy) is 1. The van der Waals surface area contributed by atoms with E-state index >= 15 is 0 Å². The molecule has 0 saturated carbocycles. The zero-order valence-corrected chi connectivity index (χ0v) is 18.8. The number of hydrogen-bond donors (Lipinski definition) is 1. The van der Waals surface area contributed by atoms with Gasteiger partial charge < -0.3 is 14.7 Å². The van der Waals surface area contributed by atoms with Crippen molar-refractivity contribution in [2.24, 2.45) is 11.1 Å². The van der Waals surface area contributed by atoms with E-state index in [2.05, 4.69) is 19.0 Å². The van der Waals surface area contributed by atoms with Crippen molar-refractivity contribution in [3.05, 3.63) is 70.5 Å². The molecule has 3 rings (SSSR count). The highest BCUT2D eigenvalue weighted by Crippen LogP contribution is 2.23. The first-order valence-corrected chi connectivity index (χ1v) is 11.0. The van der Waals surface area contributed by atoms with Crippen molar-refractivity contribution in [3.8, 4) is 0 Å². The van der Waals surface area contributed by atoms with Crippen LogP contribution in [-0.4, -0.2) is 54.2 Å². The average molecular weight is 449 g/mol. The van der Waals surface area contributed by atoms with E-state index in [1.54, 1.807) is 6.07 Å². The summed E-state index contributed by atoms with van der Waals surface area (Å²) in [5.41, 5.74) is 2.51. The Kier molecular flexibility index (Phi) is 8.84. The second-order valence-corrected chi connectivity index (χ2v) is 8.77. The molecular weight excluding hydrogens is 419 g/mol. The van der Waals surface area contributed by atoms with Crippen molar-refractivity contribution < 1.29 is 19.1 Å². The normalized spacial score (nSPS) is 17.1. The van der Waals surface area contributed by atoms with Crippen molar-refractivity contribution in [2.75, 3.05) is 26.3 Å². The van der Waals surface area contributed by atoms with Gasteiger partial charge in [-0.3, -0.25) is 4.90 Å². The van der Waals surface area contributed by atoms with Crippen LogP contribution in [0.15, 0.2) is 53.7 Å². The fraction of sp³-hybridized carbons (Fsp3) is 0.458. The fourth-order valence-electron chi connectivity index (χ4n) is 3.56. The van der Waals surface area contributed by atoms with E-state index < -0.39 is 6.10 Å². The van der Waals surface area contributed by atoms with Crippen molar-refractivity contribution in [1.29, 1.82) is 0 Å². The number of aliphatic hydroxyl groups is 1. The van der Waals surface area contributed by atoms with Crippen LogP contribution in [0.1, 0.15) is 31.4 Å². The number of rotatable bonds is 11. The van der Waals surface area contributed by atoms with Crippen LogP contribution in [0, 0.1) is 11.7 Å². The molecule has 168 valence electrons. The average Bonchev–Trinajstić information content (AvgIpc) is 3.16. The highest BCUT2D eigenvalue weighted by molar-refractivity contribution is 6.34. The predicted molar refractivity (Wildman–Crippen MR) is 121 cm³/mol. The first-order chi connectivity index (χ1) is 14.9. The molecule has 0 bridgehead atoms. The SMILES string of the molecule is CC(C)COC[C@@H](O)CN(Cc1cccc(F)c1)C[C@H]1CC(c2ccccc2Cl)=NO1. The molecule has 0 spiro atoms. The smallest absolute Gasteiger partial charge is 0.145 e. The fourth-order valence-corrected chi connectivity index (χ4v) is 3.80. The molecule has 0 radical (unpaired) electrons. The Labute approximate surface area is 188 Å². The molecule has 1 aliphatic heterocycles. The van der Waals surface area contributed by atoms with Gasteiger partial charge in [0.2, 0.25) is 0 Å². The minimum atomic E-state index is -0.655. The van der Waals surface area contributed by atoms with Gasteiger partial charge in [-0.1, -0.05) is 60.9 Å². The molecule has 2 aromatic carbocycles. The van der Waals surface area contributed by atoms with Gasteiger partial charge in [-0.2, -0.15) is 0 Å². The van der Waals surface area contributed by atoms with E-state index in [0.717, 1.165) is 16.8 Å². The second kappa shape index (κ2) is 11.6. The van der Waals surface area contributed by atoms with Crippen molar-refractivity contribution in [1.82, 2.24) is 4.90 Å². The Balaban J connectivity index is 1.61. The number of aliphatic hydroxyl groups excluding tert-OH is 1. The highest BCUT2D eigenvalue weighted by atomic mass is 35.5. The van der Waals surface area contributed by atoms with E-state index in [-0.39, 0.29) is 18.5 Å². The largest absolute Gasteiger partial charge is 0.390 e. The molecule has 0 fully saturated rings. The Hall–Kier alpha value is -1.99. The van der Waals surface area contributed by atoms with Crippen LogP contribution in [-0.2, 0) is 16.1 Å². The predicted octanol–water partition coefficient (Wildman–Crippen LogP) is 4.51. The Morgan fingerprint density at radius 2 is 2.03 bits per heavy atom. The number of oxime groups is 1. The number of hydrogen-bond acceptors (Lipinski definition) is 5. The third kappa shape index (κ3) is 7.58. The zero-order valence-electron chi connectivity index (χ0n) is 18.0. The van der Waals surface area contributed by atoms with Gasteiger partial charge in [-0.15, -0.1) is 0 Å². The molecule has 0 saturated heterocycles. The maximum Gasteiger partial charge on any atom is 0.145 e. The molecule has 5 nitrogen and oxygen atoms in total. The molecule has 0 amide bonds. The Morgan fingerprint density at radius 1 is 1.23 bits per heavy atom. The van der Waals surface area contributed by atoms with Crippen LogP contribution in [0.25, 0.3) is 0 Å². The van der Waals surface area contributed by atoms with Gasteiger partial charge in [-0.05, 0) is 29.7 Å². The summed E-state index contributed by atoms with van der Waals surface area (Å²) in [6.07, 6.45) is -0.218. The molecule has 1 N–H and O–H groups in total. The third-order valence-corrected chi connectivity index (χ3v) is 5.23. The summed E-state index contributed by atoms with van der Waals surface area (Å²) in [5, 5.41) is 15.3. The summed E-state index contributed by atoms with van der Waals surface area (Å²) in [6.45, 7) is 6.39. The first kappa shape index (κ1) is 23.7. The van der Waals surface area contributed by atoms with Gasteiger partial charge in [0.1, 0.15) is 11.9 Å². The molecule has 7 heteroatoms. The monoisotopic (exact) mass is 448 g/mol. The quantitative estimate of drug-likeness (QED) is 0.549. The lowest BCUT2D eigenvalue weighted by Crippen LogP contribution is -2.39. The molecular formula is C24H30ClFN2O3. The first-order valence-electron chi connectivity index (χ1n) is 10.6. The number of halogens is 2. The van der Waals surface area contributed by atoms with Crippen LogP contribution >= 0.6 is 11.6 Å². The van der Waals surface area contributed by atoms with Crippen molar-refractivity contribution in [3.63, 3.8) is 0 Å². The summed E-state index contributed by atoms with van der Waals surface area (Å²) in [6, 6.07) is 14.0. The van der Waals surface area contributed by atoms with Crippen molar-refractivity contribution in [2.45, 2.75) is 39.0 Å². The van der Waals surface area contributed by atoms with Gasteiger partial charge in [0.25, 0.3) is 0 Å². The molecule has 31 heavy (non-hydrogen) atoms. The molecule has 2 atom stereocenters. The minimum absolute atomic E-state index is 0.177. The second-order valence-electron chi connectivity index (χ2n) is 8.36. The van der Waals surface area contributed by atoms with E-state index in [1.165, 1.54) is 12.1 Å². The van der Waals surface area contributed by atoms with Crippen molar-refractivity contribution >= 4 is 17.3 Å². The molecule has 1 aliphatic rings. The topological polar surface area (TPSA) is 54.3 Å². The van der Waals surface area contributed by atoms with E-state index in [4.69, 9.17) is 21.2 Å². The van der Waals surface area contributed by atoms with Gasteiger partial charge in [0.15, 0.2) is 0 Å².